The Kier molecular flexibility index (Phi) is 34.8. The number of hydrogen-bond acceptors (Lipinski definition) is 43. The van der Waals surface area contributed by atoms with Gasteiger partial charge >= 0.3 is 23.9 Å². The highest BCUT2D eigenvalue weighted by Gasteiger charge is 2.74. The van der Waals surface area contributed by atoms with E-state index in [1.54, 1.807) is 30.3 Å². The van der Waals surface area contributed by atoms with Gasteiger partial charge in [0.25, 0.3) is 0 Å². The van der Waals surface area contributed by atoms with Crippen LogP contribution in [0.4, 0.5) is 0 Å². The highest BCUT2D eigenvalue weighted by molar-refractivity contribution is 5.88. The van der Waals surface area contributed by atoms with Gasteiger partial charge in [-0.15, -0.1) is 6.58 Å². The Labute approximate surface area is 809 Å². The van der Waals surface area contributed by atoms with Crippen LogP contribution in [-0.2, 0) is 114 Å². The number of allylic oxidation sites excluding steroid dienone is 3. The summed E-state index contributed by atoms with van der Waals surface area (Å²) >= 11 is 0. The van der Waals surface area contributed by atoms with Gasteiger partial charge in [-0.1, -0.05) is 109 Å². The summed E-state index contributed by atoms with van der Waals surface area (Å²) in [6.07, 6.45) is -53.2. The highest BCUT2D eigenvalue weighted by Crippen LogP contribution is 2.77. The minimum Gasteiger partial charge on any atom is -0.463 e. The van der Waals surface area contributed by atoms with Crippen LogP contribution < -0.4 is 5.32 Å². The lowest BCUT2D eigenvalue weighted by atomic mass is 9.32. The number of carbonyl (C=O) groups excluding carboxylic acids is 5. The van der Waals surface area contributed by atoms with Gasteiger partial charge in [0.05, 0.1) is 64.1 Å². The number of amides is 1. The van der Waals surface area contributed by atoms with Crippen molar-refractivity contribution in [2.75, 3.05) is 52.9 Å². The maximum Gasteiger partial charge on any atom is 0.333 e. The summed E-state index contributed by atoms with van der Waals surface area (Å²) in [5, 5.41) is 218. The Balaban J connectivity index is 0.754. The van der Waals surface area contributed by atoms with Gasteiger partial charge in [-0.2, -0.15) is 0 Å². The smallest absolute Gasteiger partial charge is 0.333 e. The second kappa shape index (κ2) is 44.3. The van der Waals surface area contributed by atoms with E-state index in [9.17, 15) is 116 Å². The molecule has 44 nitrogen and oxygen atoms in total. The molecule has 14 rings (SSSR count). The summed E-state index contributed by atoms with van der Waals surface area (Å²) in [6.45, 7) is 17.9. The molecule has 1 aromatic rings. The predicted molar refractivity (Wildman–Crippen MR) is 473 cm³/mol. The van der Waals surface area contributed by atoms with Crippen molar-refractivity contribution in [3.05, 3.63) is 77.9 Å². The maximum absolute atomic E-state index is 16.7. The third-order valence-corrected chi connectivity index (χ3v) is 32.2. The van der Waals surface area contributed by atoms with Gasteiger partial charge in [0, 0.05) is 31.4 Å². The molecule has 8 saturated heterocycles. The molecule has 44 heteroatoms. The second-order valence-corrected chi connectivity index (χ2v) is 42.1. The molecule has 0 aromatic heterocycles. The van der Waals surface area contributed by atoms with Crippen molar-refractivity contribution in [2.24, 2.45) is 50.2 Å². The van der Waals surface area contributed by atoms with Crippen molar-refractivity contribution in [1.29, 1.82) is 0 Å². The van der Waals surface area contributed by atoms with E-state index in [4.69, 9.17) is 90.0 Å². The number of aliphatic hydroxyl groups excluding tert-OH is 18. The Morgan fingerprint density at radius 1 is 0.521 bits per heavy atom. The van der Waals surface area contributed by atoms with Gasteiger partial charge < -0.3 is 192 Å². The first kappa shape index (κ1) is 110. The zero-order valence-corrected chi connectivity index (χ0v) is 80.3. The van der Waals surface area contributed by atoms with Crippen LogP contribution in [0.3, 0.4) is 0 Å². The van der Waals surface area contributed by atoms with Crippen molar-refractivity contribution in [3.63, 3.8) is 0 Å². The van der Waals surface area contributed by atoms with Crippen LogP contribution in [0, 0.1) is 50.2 Å². The molecule has 140 heavy (non-hydrogen) atoms. The number of fused-ring (bicyclic) bond motifs is 7. The molecule has 5 aliphatic carbocycles. The lowest BCUT2D eigenvalue weighted by Gasteiger charge is -2.72. The van der Waals surface area contributed by atoms with Crippen LogP contribution in [0.2, 0.25) is 0 Å². The summed E-state index contributed by atoms with van der Waals surface area (Å²) in [5.74, 6) is -5.87. The lowest BCUT2D eigenvalue weighted by Crippen LogP contribution is -2.70. The molecule has 8 heterocycles. The fourth-order valence-electron chi connectivity index (χ4n) is 24.3. The Bertz CT molecular complexity index is 4480. The molecular weight excluding hydrogens is 1860 g/mol. The molecule has 8 aliphatic heterocycles. The van der Waals surface area contributed by atoms with Crippen LogP contribution in [-0.4, -0.2) is 413 Å². The van der Waals surface area contributed by atoms with Crippen LogP contribution in [0.15, 0.2) is 72.4 Å². The molecule has 0 radical (unpaired) electrons. The Morgan fingerprint density at radius 2 is 1.06 bits per heavy atom. The molecule has 1 aromatic carbocycles. The molecule has 45 atom stereocenters. The summed E-state index contributed by atoms with van der Waals surface area (Å²) in [7, 11) is 0. The molecule has 0 unspecified atom stereocenters. The standard InChI is InChI=1S/C96H143NO43/c1-13-92(9,121)29-17-19-42(2)80(119)134-74-50(105)39-126-87(78(74)133-59(107)25-22-45-20-15-14-16-21-45)138-76-53(40-122-44(4)101)131-88(77(69(76)116)139-84-71(118)73(49(104)38-125-84)136-85-67(114)63(110)52(35-99)129-85)140-89(120)96-30-18-28-90(5,6)79(96)46-23-24-56-93(10)31-27-58(91(7,8)55(93)26-32-94(56,11)95(46,12)33-57(96)106)132-81-60(97-43(3)100)64(111)75(137-86-68(115)65(112)62(109)51(34-98)128-86)54(130-81)41-127-82-70(117)72(48(103)37-123-82)135-83-66(113)61(108)47(102)36-124-83/h13-16,19-23,25,47-58,60-79,81-88,98-99,102-106,108-118,121H,1,17-18,24,26-41H2,2-12H3,(H,97,100)/b25-22-,42-19-/t47-,48-,49-,50-,51-,52-,53-,54+,55+,56-,57-,58+,60+,61+,62+,63+,64+,65-,66-,67+,68-,69+,70-,71+,72-,73+,74-,75+,76-,77-,78-,79-,81-,82+,83-,84+,85-,86+,87-,88+,92-,93+,94+,95+,96-/m1/s1. The summed E-state index contributed by atoms with van der Waals surface area (Å²) in [4.78, 5) is 71.6. The molecule has 20 N–H and O–H groups in total. The van der Waals surface area contributed by atoms with Crippen molar-refractivity contribution in [3.8, 4) is 0 Å². The highest BCUT2D eigenvalue weighted by atomic mass is 16.8. The molecule has 1 amide bonds. The molecule has 13 aliphatic rings. The van der Waals surface area contributed by atoms with Gasteiger partial charge in [-0.05, 0) is 129 Å². The van der Waals surface area contributed by atoms with Crippen LogP contribution in [0.25, 0.3) is 6.08 Å². The Hall–Kier alpha value is -5.83. The largest absolute Gasteiger partial charge is 0.463 e. The van der Waals surface area contributed by atoms with Crippen molar-refractivity contribution in [1.82, 2.24) is 5.32 Å². The number of carbonyl (C=O) groups is 5. The van der Waals surface area contributed by atoms with E-state index in [2.05, 4.69) is 52.6 Å². The van der Waals surface area contributed by atoms with Gasteiger partial charge in [-0.25, -0.2) is 9.59 Å². The fourth-order valence-corrected chi connectivity index (χ4v) is 24.3. The quantitative estimate of drug-likeness (QED) is 0.0113. The summed E-state index contributed by atoms with van der Waals surface area (Å²) < 4.78 is 117. The molecule has 12 fully saturated rings. The number of rotatable bonds is 31. The zero-order valence-electron chi connectivity index (χ0n) is 80.3. The first-order valence-corrected chi connectivity index (χ1v) is 48.2. The van der Waals surface area contributed by atoms with E-state index in [-0.39, 0.29) is 43.1 Å². The molecule has 4 saturated carbocycles. The van der Waals surface area contributed by atoms with E-state index in [0.717, 1.165) is 18.6 Å². The number of ether oxygens (including phenoxy) is 19. The third kappa shape index (κ3) is 21.9. The number of aliphatic hydroxyl groups is 19. The molecular formula is C96H143NO43. The SMILES string of the molecule is C=C[C@@](C)(O)CC/C=C(/C)C(=O)O[C@H]1[C@@H](OC(=O)/C=C\c2ccccc2)[C@@H](O[C@H]2[C@H](O)[C@@H](O[C@@H]3OC[C@@H](O)[C@H](O[C@H]4O[C@H](CO)[C@H](O)[C@@H]4O)[C@@H]3O)[C@H](OC(=O)[C@@]34CCCC(C)(C)[C@H]3C3=CC[C@@H]5[C@@]6(C)CC[C@H](O[C@H]7O[C@@H](CO[C@@H]8OC[C@@H](O)[C@@H](O[C@H]9OC[C@@H](O)[C@H](O)[C@H]9O)[C@H]8O)[C@H](O[C@@H]8O[C@H](CO)[C@H](O)[C@@H](O)[C@H]8O)[C@@H](O)[C@@H]7NC(C)=O)C(C)(C)[C@@H]6CC[C@]5(C)[C@@]3(C)C[C@H]4O)O[C@@H]2COC(C)=O)OC[C@H]1O. The van der Waals surface area contributed by atoms with E-state index in [0.29, 0.717) is 50.5 Å². The van der Waals surface area contributed by atoms with Crippen LogP contribution in [0.1, 0.15) is 152 Å². The first-order chi connectivity index (χ1) is 66.0. The first-order valence-electron chi connectivity index (χ1n) is 48.2. The lowest BCUT2D eigenvalue weighted by molar-refractivity contribution is -0.377. The molecule has 790 valence electrons. The maximum atomic E-state index is 16.7. The third-order valence-electron chi connectivity index (χ3n) is 32.2. The summed E-state index contributed by atoms with van der Waals surface area (Å²) in [5.41, 5.74) is -5.49. The summed E-state index contributed by atoms with van der Waals surface area (Å²) in [6, 6.07) is 7.04. The second-order valence-electron chi connectivity index (χ2n) is 42.1. The monoisotopic (exact) mass is 2000 g/mol. The van der Waals surface area contributed by atoms with Crippen molar-refractivity contribution in [2.45, 2.75) is 380 Å². The zero-order chi connectivity index (χ0) is 102. The van der Waals surface area contributed by atoms with Gasteiger partial charge in [-0.3, -0.25) is 14.4 Å². The predicted octanol–water partition coefficient (Wildman–Crippen LogP) is -3.38. The average molecular weight is 2000 g/mol. The van der Waals surface area contributed by atoms with E-state index in [1.165, 1.54) is 39.0 Å². The van der Waals surface area contributed by atoms with Gasteiger partial charge in [0.15, 0.2) is 62.3 Å². The van der Waals surface area contributed by atoms with Gasteiger partial charge in [0.1, 0.15) is 158 Å². The average Bonchev–Trinajstić information content (AvgIpc) is 0.911. The minimum absolute atomic E-state index is 0.000557. The van der Waals surface area contributed by atoms with E-state index >= 15 is 4.79 Å². The Morgan fingerprint density at radius 3 is 1.70 bits per heavy atom. The number of esters is 4. The number of benzene rings is 1. The fraction of sp³-hybridized carbons (Fsp3) is 0.802. The minimum atomic E-state index is -2.29. The van der Waals surface area contributed by atoms with Crippen LogP contribution in [0.5, 0.6) is 0 Å². The number of nitrogens with one attached hydrogen (secondary N) is 1. The van der Waals surface area contributed by atoms with Crippen LogP contribution >= 0.6 is 0 Å². The number of hydrogen-bond donors (Lipinski definition) is 20. The van der Waals surface area contributed by atoms with Crippen molar-refractivity contribution < 1.29 is 211 Å². The topological polar surface area (TPSA) is 657 Å². The van der Waals surface area contributed by atoms with Gasteiger partial charge in [0.2, 0.25) is 12.2 Å². The van der Waals surface area contributed by atoms with E-state index < -0.39 is 354 Å². The molecule has 0 bridgehead atoms. The van der Waals surface area contributed by atoms with Crippen molar-refractivity contribution >= 4 is 35.9 Å². The normalized spacial score (nSPS) is 46.2. The van der Waals surface area contributed by atoms with E-state index in [1.807, 2.05) is 13.8 Å². The molecule has 0 spiro atoms.